The second-order valence-electron chi connectivity index (χ2n) is 5.74. The number of rotatable bonds is 5. The van der Waals surface area contributed by atoms with Crippen LogP contribution in [-0.2, 0) is 9.53 Å². The van der Waals surface area contributed by atoms with Gasteiger partial charge in [-0.05, 0) is 43.3 Å². The van der Waals surface area contributed by atoms with Gasteiger partial charge in [0.1, 0.15) is 11.9 Å². The minimum Gasteiger partial charge on any atom is -0.456 e. The highest BCUT2D eigenvalue weighted by Crippen LogP contribution is 2.24. The molecule has 0 aromatic heterocycles. The summed E-state index contributed by atoms with van der Waals surface area (Å²) < 4.78 is 17.8. The zero-order valence-corrected chi connectivity index (χ0v) is 13.8. The number of benzene rings is 2. The number of nitrogens with zero attached hydrogens (tertiary/aromatic N) is 1. The van der Waals surface area contributed by atoms with Crippen LogP contribution in [-0.4, -0.2) is 41.1 Å². The van der Waals surface area contributed by atoms with Crippen LogP contribution in [0.5, 0.6) is 0 Å². The van der Waals surface area contributed by atoms with Crippen LogP contribution in [0.2, 0.25) is 0 Å². The first-order valence-corrected chi connectivity index (χ1v) is 7.82. The number of imide groups is 1. The Morgan fingerprint density at radius 1 is 1.00 bits per heavy atom. The molecule has 0 saturated heterocycles. The second-order valence-corrected chi connectivity index (χ2v) is 5.74. The minimum atomic E-state index is -1.18. The SMILES string of the molecule is C[C@@H](C(=O)OCC(=O)c1ccc(F)cc1)N1C(=O)c2ccccc2C1=O. The summed E-state index contributed by atoms with van der Waals surface area (Å²) in [6.07, 6.45) is 0. The van der Waals surface area contributed by atoms with Crippen LogP contribution >= 0.6 is 0 Å². The molecule has 0 bridgehead atoms. The van der Waals surface area contributed by atoms with Crippen molar-refractivity contribution < 1.29 is 28.3 Å². The number of esters is 1. The van der Waals surface area contributed by atoms with Gasteiger partial charge in [-0.15, -0.1) is 0 Å². The topological polar surface area (TPSA) is 80.8 Å². The normalized spacial score (nSPS) is 14.2. The van der Waals surface area contributed by atoms with Gasteiger partial charge in [0.2, 0.25) is 0 Å². The van der Waals surface area contributed by atoms with Crippen molar-refractivity contribution in [1.29, 1.82) is 0 Å². The fourth-order valence-electron chi connectivity index (χ4n) is 2.64. The van der Waals surface area contributed by atoms with E-state index in [1.807, 2.05) is 0 Å². The molecule has 0 saturated carbocycles. The second kappa shape index (κ2) is 6.87. The van der Waals surface area contributed by atoms with Gasteiger partial charge >= 0.3 is 5.97 Å². The van der Waals surface area contributed by atoms with Crippen LogP contribution in [0.15, 0.2) is 48.5 Å². The lowest BCUT2D eigenvalue weighted by molar-refractivity contribution is -0.146. The number of carbonyl (C=O) groups is 4. The quantitative estimate of drug-likeness (QED) is 0.467. The standard InChI is InChI=1S/C19H14FNO5/c1-11(21-17(23)14-4-2-3-5-15(14)18(21)24)19(25)26-10-16(22)12-6-8-13(20)9-7-12/h2-9,11H,10H2,1H3/t11-/m0/s1. The lowest BCUT2D eigenvalue weighted by Gasteiger charge is -2.20. The van der Waals surface area contributed by atoms with E-state index >= 15 is 0 Å². The average molecular weight is 355 g/mol. The molecular weight excluding hydrogens is 341 g/mol. The molecule has 26 heavy (non-hydrogen) atoms. The van der Waals surface area contributed by atoms with E-state index in [-0.39, 0.29) is 16.7 Å². The van der Waals surface area contributed by atoms with Crippen molar-refractivity contribution in [2.45, 2.75) is 13.0 Å². The Morgan fingerprint density at radius 3 is 2.08 bits per heavy atom. The summed E-state index contributed by atoms with van der Waals surface area (Å²) in [5.74, 6) is -3.06. The third-order valence-corrected chi connectivity index (χ3v) is 4.07. The van der Waals surface area contributed by atoms with Gasteiger partial charge < -0.3 is 4.74 Å². The summed E-state index contributed by atoms with van der Waals surface area (Å²) in [5.41, 5.74) is 0.631. The van der Waals surface area contributed by atoms with E-state index in [0.717, 1.165) is 17.0 Å². The number of carbonyl (C=O) groups excluding carboxylic acids is 4. The third-order valence-electron chi connectivity index (χ3n) is 4.07. The first-order chi connectivity index (χ1) is 12.4. The van der Waals surface area contributed by atoms with Gasteiger partial charge in [-0.2, -0.15) is 0 Å². The summed E-state index contributed by atoms with van der Waals surface area (Å²) in [5, 5.41) is 0. The van der Waals surface area contributed by atoms with Gasteiger partial charge in [0.15, 0.2) is 12.4 Å². The number of amides is 2. The molecular formula is C19H14FNO5. The summed E-state index contributed by atoms with van der Waals surface area (Å²) >= 11 is 0. The highest BCUT2D eigenvalue weighted by molar-refractivity contribution is 6.22. The Morgan fingerprint density at radius 2 is 1.54 bits per heavy atom. The fourth-order valence-corrected chi connectivity index (χ4v) is 2.64. The number of ether oxygens (including phenoxy) is 1. The molecule has 7 heteroatoms. The summed E-state index contributed by atoms with van der Waals surface area (Å²) in [7, 11) is 0. The molecule has 3 rings (SSSR count). The van der Waals surface area contributed by atoms with E-state index in [4.69, 9.17) is 4.74 Å². The monoisotopic (exact) mass is 355 g/mol. The van der Waals surface area contributed by atoms with E-state index < -0.39 is 42.0 Å². The van der Waals surface area contributed by atoms with Gasteiger partial charge in [-0.3, -0.25) is 19.3 Å². The third kappa shape index (κ3) is 3.11. The maximum absolute atomic E-state index is 12.9. The summed E-state index contributed by atoms with van der Waals surface area (Å²) in [6.45, 7) is 0.782. The largest absolute Gasteiger partial charge is 0.456 e. The van der Waals surface area contributed by atoms with Crippen molar-refractivity contribution in [1.82, 2.24) is 4.90 Å². The van der Waals surface area contributed by atoms with Crippen LogP contribution < -0.4 is 0 Å². The zero-order valence-electron chi connectivity index (χ0n) is 13.8. The molecule has 2 aromatic rings. The van der Waals surface area contributed by atoms with Crippen LogP contribution in [0.3, 0.4) is 0 Å². The molecule has 0 N–H and O–H groups in total. The predicted molar refractivity (Wildman–Crippen MR) is 88.1 cm³/mol. The Labute approximate surface area is 148 Å². The molecule has 2 amide bonds. The number of Topliss-reactive ketones (excluding diaryl/α,β-unsaturated/α-hetero) is 1. The summed E-state index contributed by atoms with van der Waals surface area (Å²) in [6, 6.07) is 9.88. The molecule has 1 aliphatic rings. The average Bonchev–Trinajstić information content (AvgIpc) is 2.90. The van der Waals surface area contributed by atoms with Crippen molar-refractivity contribution in [2.75, 3.05) is 6.61 Å². The first-order valence-electron chi connectivity index (χ1n) is 7.82. The highest BCUT2D eigenvalue weighted by atomic mass is 19.1. The Bertz CT molecular complexity index is 871. The van der Waals surface area contributed by atoms with Crippen molar-refractivity contribution in [2.24, 2.45) is 0 Å². The van der Waals surface area contributed by atoms with Crippen molar-refractivity contribution >= 4 is 23.6 Å². The number of fused-ring (bicyclic) bond motifs is 1. The number of hydrogen-bond acceptors (Lipinski definition) is 5. The first kappa shape index (κ1) is 17.5. The molecule has 0 aliphatic carbocycles. The lowest BCUT2D eigenvalue weighted by atomic mass is 10.1. The molecule has 2 aromatic carbocycles. The van der Waals surface area contributed by atoms with Crippen LogP contribution in [0.1, 0.15) is 38.0 Å². The molecule has 1 heterocycles. The Balaban J connectivity index is 1.65. The van der Waals surface area contributed by atoms with Crippen LogP contribution in [0.4, 0.5) is 4.39 Å². The summed E-state index contributed by atoms with van der Waals surface area (Å²) in [4.78, 5) is 49.6. The Hall–Kier alpha value is -3.35. The van der Waals surface area contributed by atoms with E-state index in [2.05, 4.69) is 0 Å². The van der Waals surface area contributed by atoms with Gasteiger partial charge in [0.05, 0.1) is 11.1 Å². The van der Waals surface area contributed by atoms with Crippen molar-refractivity contribution in [3.05, 3.63) is 71.0 Å². The lowest BCUT2D eigenvalue weighted by Crippen LogP contribution is -2.44. The molecule has 0 spiro atoms. The number of halogens is 1. The molecule has 1 aliphatic heterocycles. The van der Waals surface area contributed by atoms with Crippen molar-refractivity contribution in [3.63, 3.8) is 0 Å². The zero-order chi connectivity index (χ0) is 18.8. The Kier molecular flexibility index (Phi) is 4.62. The van der Waals surface area contributed by atoms with Gasteiger partial charge in [0, 0.05) is 5.56 Å². The van der Waals surface area contributed by atoms with Crippen LogP contribution in [0, 0.1) is 5.82 Å². The molecule has 0 radical (unpaired) electrons. The molecule has 132 valence electrons. The molecule has 0 fully saturated rings. The van der Waals surface area contributed by atoms with E-state index in [0.29, 0.717) is 0 Å². The maximum atomic E-state index is 12.9. The number of ketones is 1. The molecule has 6 nitrogen and oxygen atoms in total. The number of hydrogen-bond donors (Lipinski definition) is 0. The van der Waals surface area contributed by atoms with Gasteiger partial charge in [0.25, 0.3) is 11.8 Å². The fraction of sp³-hybridized carbons (Fsp3) is 0.158. The van der Waals surface area contributed by atoms with Gasteiger partial charge in [-0.1, -0.05) is 12.1 Å². The maximum Gasteiger partial charge on any atom is 0.329 e. The van der Waals surface area contributed by atoms with E-state index in [1.54, 1.807) is 12.1 Å². The molecule has 1 atom stereocenters. The minimum absolute atomic E-state index is 0.188. The molecule has 0 unspecified atom stereocenters. The van der Waals surface area contributed by atoms with Gasteiger partial charge in [-0.25, -0.2) is 9.18 Å². The van der Waals surface area contributed by atoms with Crippen molar-refractivity contribution in [3.8, 4) is 0 Å². The van der Waals surface area contributed by atoms with E-state index in [1.165, 1.54) is 31.2 Å². The predicted octanol–water partition coefficient (Wildman–Crippen LogP) is 2.24. The van der Waals surface area contributed by atoms with E-state index in [9.17, 15) is 23.6 Å². The van der Waals surface area contributed by atoms with Crippen LogP contribution in [0.25, 0.3) is 0 Å². The smallest absolute Gasteiger partial charge is 0.329 e. The highest BCUT2D eigenvalue weighted by Gasteiger charge is 2.41.